The van der Waals surface area contributed by atoms with E-state index in [2.05, 4.69) is 10.1 Å². The summed E-state index contributed by atoms with van der Waals surface area (Å²) in [6, 6.07) is 3.50. The number of aromatic nitrogens is 3. The summed E-state index contributed by atoms with van der Waals surface area (Å²) < 4.78 is 36.6. The average Bonchev–Trinajstić information content (AvgIpc) is 2.97. The Kier molecular flexibility index (Phi) is 7.19. The van der Waals surface area contributed by atoms with Gasteiger partial charge in [-0.1, -0.05) is 11.6 Å². The lowest BCUT2D eigenvalue weighted by Gasteiger charge is -2.20. The van der Waals surface area contributed by atoms with Crippen LogP contribution in [0, 0.1) is 0 Å². The molecule has 2 heterocycles. The maximum Gasteiger partial charge on any atom is 0.413 e. The Bertz CT molecular complexity index is 742. The molecule has 0 aliphatic rings. The molecule has 0 fully saturated rings. The van der Waals surface area contributed by atoms with E-state index in [0.717, 1.165) is 0 Å². The molecule has 0 saturated carbocycles. The molecular weight excluding hydrogens is 412 g/mol. The maximum atomic E-state index is 12.4. The normalized spacial score (nSPS) is 12.8. The van der Waals surface area contributed by atoms with Crippen LogP contribution < -0.4 is 4.90 Å². The molecule has 26 heavy (non-hydrogen) atoms. The summed E-state index contributed by atoms with van der Waals surface area (Å²) in [5, 5.41) is 4.26. The zero-order chi connectivity index (χ0) is 19.3. The van der Waals surface area contributed by atoms with Crippen molar-refractivity contribution in [3.05, 3.63) is 35.9 Å². The summed E-state index contributed by atoms with van der Waals surface area (Å²) in [7, 11) is 0. The minimum atomic E-state index is -4.51. The molecule has 1 atom stereocenters. The molecule has 0 saturated heterocycles. The van der Waals surface area contributed by atoms with Gasteiger partial charge >= 0.3 is 6.18 Å². The highest BCUT2D eigenvalue weighted by Crippen LogP contribution is 2.34. The minimum Gasteiger partial charge on any atom is -0.308 e. The highest BCUT2D eigenvalue weighted by Gasteiger charge is 2.38. The highest BCUT2D eigenvalue weighted by molar-refractivity contribution is 8.01. The first-order chi connectivity index (χ1) is 12.2. The minimum absolute atomic E-state index is 0.0582. The molecule has 0 radical (unpaired) electrons. The number of carbonyl (C=O) groups excluding carboxylic acids is 1. The van der Waals surface area contributed by atoms with Crippen molar-refractivity contribution in [1.82, 2.24) is 14.8 Å². The van der Waals surface area contributed by atoms with Gasteiger partial charge in [-0.15, -0.1) is 23.4 Å². The molecule has 5 nitrogen and oxygen atoms in total. The van der Waals surface area contributed by atoms with Crippen LogP contribution in [0.1, 0.15) is 13.3 Å². The Morgan fingerprint density at radius 2 is 2.19 bits per heavy atom. The first-order valence-corrected chi connectivity index (χ1v) is 9.38. The number of hydrogen-bond donors (Lipinski definition) is 0. The van der Waals surface area contributed by atoms with E-state index in [1.807, 2.05) is 0 Å². The van der Waals surface area contributed by atoms with Gasteiger partial charge in [-0.2, -0.15) is 18.3 Å². The second-order valence-electron chi connectivity index (χ2n) is 5.08. The highest BCUT2D eigenvalue weighted by atomic mass is 35.5. The second kappa shape index (κ2) is 8.96. The summed E-state index contributed by atoms with van der Waals surface area (Å²) in [5.74, 6) is -0.420. The van der Waals surface area contributed by atoms with E-state index in [0.29, 0.717) is 29.7 Å². The summed E-state index contributed by atoms with van der Waals surface area (Å²) >= 11 is 11.8. The molecule has 0 bridgehead atoms. The van der Waals surface area contributed by atoms with E-state index in [9.17, 15) is 18.0 Å². The van der Waals surface area contributed by atoms with Crippen molar-refractivity contribution in [3.8, 4) is 5.69 Å². The van der Waals surface area contributed by atoms with Crippen LogP contribution in [-0.2, 0) is 4.79 Å². The van der Waals surface area contributed by atoms with Gasteiger partial charge in [-0.3, -0.25) is 9.78 Å². The third-order valence-electron chi connectivity index (χ3n) is 3.31. The van der Waals surface area contributed by atoms with Gasteiger partial charge in [0.25, 0.3) is 0 Å². The monoisotopic (exact) mass is 426 g/mol. The first-order valence-electron chi connectivity index (χ1n) is 7.52. The van der Waals surface area contributed by atoms with Crippen molar-refractivity contribution in [2.45, 2.75) is 24.2 Å². The van der Waals surface area contributed by atoms with Crippen LogP contribution in [0.25, 0.3) is 5.69 Å². The largest absolute Gasteiger partial charge is 0.413 e. The zero-order valence-electron chi connectivity index (χ0n) is 13.6. The fraction of sp³-hybridized carbons (Fsp3) is 0.400. The lowest BCUT2D eigenvalue weighted by Crippen LogP contribution is -2.31. The van der Waals surface area contributed by atoms with Crippen molar-refractivity contribution >= 4 is 46.6 Å². The van der Waals surface area contributed by atoms with Gasteiger partial charge in [0.1, 0.15) is 5.69 Å². The number of pyridine rings is 1. The van der Waals surface area contributed by atoms with Gasteiger partial charge < -0.3 is 4.90 Å². The molecule has 0 spiro atoms. The standard InChI is InChI=1S/C15H15Cl2F3N4OS/c1-2-23(12(25)5-7-26-14(17)15(18,19)20)11-9-24(22-13(11)16)10-4-3-6-21-8-10/h3-4,6,8-9,14H,2,5,7H2,1H3. The lowest BCUT2D eigenvalue weighted by atomic mass is 10.3. The summed E-state index contributed by atoms with van der Waals surface area (Å²) in [5.41, 5.74) is 1.04. The third kappa shape index (κ3) is 5.28. The van der Waals surface area contributed by atoms with E-state index in [-0.39, 0.29) is 23.2 Å². The number of hydrogen-bond acceptors (Lipinski definition) is 4. The van der Waals surface area contributed by atoms with E-state index in [1.165, 1.54) is 9.58 Å². The smallest absolute Gasteiger partial charge is 0.308 e. The lowest BCUT2D eigenvalue weighted by molar-refractivity contribution is -0.118. The van der Waals surface area contributed by atoms with E-state index < -0.39 is 10.9 Å². The van der Waals surface area contributed by atoms with Crippen molar-refractivity contribution in [2.24, 2.45) is 0 Å². The molecule has 142 valence electrons. The van der Waals surface area contributed by atoms with Gasteiger partial charge in [0, 0.05) is 24.9 Å². The van der Waals surface area contributed by atoms with Crippen molar-refractivity contribution < 1.29 is 18.0 Å². The number of rotatable bonds is 7. The number of amides is 1. The Balaban J connectivity index is 2.06. The number of carbonyl (C=O) groups is 1. The fourth-order valence-electron chi connectivity index (χ4n) is 2.11. The average molecular weight is 427 g/mol. The molecule has 0 N–H and O–H groups in total. The van der Waals surface area contributed by atoms with Crippen LogP contribution in [0.4, 0.5) is 18.9 Å². The van der Waals surface area contributed by atoms with Gasteiger partial charge in [0.2, 0.25) is 5.91 Å². The number of thioether (sulfide) groups is 1. The van der Waals surface area contributed by atoms with Gasteiger partial charge in [0.15, 0.2) is 9.86 Å². The van der Waals surface area contributed by atoms with Crippen LogP contribution >= 0.6 is 35.0 Å². The summed E-state index contributed by atoms with van der Waals surface area (Å²) in [6.45, 7) is 2.04. The van der Waals surface area contributed by atoms with Crippen LogP contribution in [0.3, 0.4) is 0 Å². The van der Waals surface area contributed by atoms with Crippen molar-refractivity contribution in [2.75, 3.05) is 17.2 Å². The molecule has 0 aromatic carbocycles. The molecule has 2 aromatic rings. The van der Waals surface area contributed by atoms with Crippen LogP contribution in [-0.4, -0.2) is 43.9 Å². The van der Waals surface area contributed by atoms with Gasteiger partial charge in [-0.05, 0) is 19.1 Å². The first kappa shape index (κ1) is 20.9. The Morgan fingerprint density at radius 3 is 2.77 bits per heavy atom. The molecule has 1 unspecified atom stereocenters. The topological polar surface area (TPSA) is 51.0 Å². The predicted octanol–water partition coefficient (Wildman–Crippen LogP) is 4.52. The van der Waals surface area contributed by atoms with Crippen LogP contribution in [0.15, 0.2) is 30.7 Å². The molecule has 2 aromatic heterocycles. The SMILES string of the molecule is CCN(C(=O)CCSC(Cl)C(F)(F)F)c1cn(-c2cccnc2)nc1Cl. The Labute approximate surface area is 162 Å². The van der Waals surface area contributed by atoms with Crippen LogP contribution in [0.5, 0.6) is 0 Å². The third-order valence-corrected chi connectivity index (χ3v) is 5.20. The molecular formula is C15H15Cl2F3N4OS. The zero-order valence-corrected chi connectivity index (χ0v) is 15.9. The molecule has 2 rings (SSSR count). The molecule has 11 heteroatoms. The summed E-state index contributed by atoms with van der Waals surface area (Å²) in [4.78, 5) is 17.7. The Morgan fingerprint density at radius 1 is 1.46 bits per heavy atom. The fourth-order valence-corrected chi connectivity index (χ4v) is 3.29. The van der Waals surface area contributed by atoms with Gasteiger partial charge in [0.05, 0.1) is 18.1 Å². The number of halogens is 5. The van der Waals surface area contributed by atoms with Gasteiger partial charge in [-0.25, -0.2) is 4.68 Å². The van der Waals surface area contributed by atoms with E-state index in [1.54, 1.807) is 37.6 Å². The van der Waals surface area contributed by atoms with Crippen molar-refractivity contribution in [3.63, 3.8) is 0 Å². The predicted molar refractivity (Wildman–Crippen MR) is 97.2 cm³/mol. The van der Waals surface area contributed by atoms with E-state index >= 15 is 0 Å². The maximum absolute atomic E-state index is 12.4. The number of nitrogens with zero attached hydrogens (tertiary/aromatic N) is 4. The quantitative estimate of drug-likeness (QED) is 0.610. The second-order valence-corrected chi connectivity index (χ2v) is 7.34. The van der Waals surface area contributed by atoms with Crippen LogP contribution in [0.2, 0.25) is 5.15 Å². The van der Waals surface area contributed by atoms with E-state index in [4.69, 9.17) is 23.2 Å². The Hall–Kier alpha value is -1.45. The summed E-state index contributed by atoms with van der Waals surface area (Å²) in [6.07, 6.45) is 0.161. The molecule has 0 aliphatic carbocycles. The molecule has 0 aliphatic heterocycles. The number of alkyl halides is 4. The number of anilines is 1. The van der Waals surface area contributed by atoms with Crippen molar-refractivity contribution in [1.29, 1.82) is 0 Å². The molecule has 1 amide bonds.